The van der Waals surface area contributed by atoms with Crippen LogP contribution in [0.3, 0.4) is 0 Å². The van der Waals surface area contributed by atoms with Crippen molar-refractivity contribution in [2.75, 3.05) is 6.61 Å². The largest absolute Gasteiger partial charge is 0.456 e. The predicted octanol–water partition coefficient (Wildman–Crippen LogP) is 1.33. The SMILES string of the molecule is NC(=O)COC(=O)CCC(=O)c1ccc(Cl)cc1. The van der Waals surface area contributed by atoms with Crippen molar-refractivity contribution >= 4 is 29.3 Å². The van der Waals surface area contributed by atoms with Crippen molar-refractivity contribution in [1.29, 1.82) is 0 Å². The van der Waals surface area contributed by atoms with Gasteiger partial charge in [0.1, 0.15) is 0 Å². The first-order valence-corrected chi connectivity index (χ1v) is 5.59. The average Bonchev–Trinajstić information content (AvgIpc) is 2.34. The van der Waals surface area contributed by atoms with Gasteiger partial charge in [0.2, 0.25) is 0 Å². The summed E-state index contributed by atoms with van der Waals surface area (Å²) in [5, 5.41) is 0.535. The van der Waals surface area contributed by atoms with Gasteiger partial charge in [-0.3, -0.25) is 14.4 Å². The number of nitrogens with two attached hydrogens (primary N) is 1. The van der Waals surface area contributed by atoms with Gasteiger partial charge in [-0.05, 0) is 24.3 Å². The number of primary amides is 1. The summed E-state index contributed by atoms with van der Waals surface area (Å²) in [5.41, 5.74) is 5.28. The fraction of sp³-hybridized carbons (Fsp3) is 0.250. The topological polar surface area (TPSA) is 86.5 Å². The molecule has 1 aromatic carbocycles. The number of hydrogen-bond acceptors (Lipinski definition) is 4. The first kappa shape index (κ1) is 14.2. The van der Waals surface area contributed by atoms with Crippen molar-refractivity contribution in [3.05, 3.63) is 34.9 Å². The molecule has 0 atom stereocenters. The van der Waals surface area contributed by atoms with Gasteiger partial charge in [-0.25, -0.2) is 0 Å². The van der Waals surface area contributed by atoms with E-state index in [1.54, 1.807) is 24.3 Å². The van der Waals surface area contributed by atoms with E-state index in [0.717, 1.165) is 0 Å². The molecule has 0 fully saturated rings. The number of ketones is 1. The van der Waals surface area contributed by atoms with Crippen LogP contribution in [0.4, 0.5) is 0 Å². The number of ether oxygens (including phenoxy) is 1. The van der Waals surface area contributed by atoms with E-state index in [1.165, 1.54) is 0 Å². The van der Waals surface area contributed by atoms with Crippen LogP contribution in [-0.2, 0) is 14.3 Å². The Labute approximate surface area is 109 Å². The zero-order valence-electron chi connectivity index (χ0n) is 9.52. The minimum Gasteiger partial charge on any atom is -0.456 e. The van der Waals surface area contributed by atoms with E-state index >= 15 is 0 Å². The Hall–Kier alpha value is -1.88. The molecule has 6 heteroatoms. The quantitative estimate of drug-likeness (QED) is 0.623. The van der Waals surface area contributed by atoms with Gasteiger partial charge < -0.3 is 10.5 Å². The molecule has 0 saturated carbocycles. The number of rotatable bonds is 6. The first-order valence-electron chi connectivity index (χ1n) is 5.21. The Morgan fingerprint density at radius 2 is 1.72 bits per heavy atom. The van der Waals surface area contributed by atoms with Crippen LogP contribution in [0.25, 0.3) is 0 Å². The molecule has 18 heavy (non-hydrogen) atoms. The monoisotopic (exact) mass is 269 g/mol. The molecule has 0 saturated heterocycles. The van der Waals surface area contributed by atoms with Crippen molar-refractivity contribution in [3.8, 4) is 0 Å². The predicted molar refractivity (Wildman–Crippen MR) is 65.2 cm³/mol. The molecule has 0 spiro atoms. The van der Waals surface area contributed by atoms with Gasteiger partial charge in [-0.2, -0.15) is 0 Å². The van der Waals surface area contributed by atoms with E-state index in [-0.39, 0.29) is 18.6 Å². The molecule has 1 rings (SSSR count). The Morgan fingerprint density at radius 1 is 1.11 bits per heavy atom. The number of carbonyl (C=O) groups excluding carboxylic acids is 3. The lowest BCUT2D eigenvalue weighted by molar-refractivity contribution is -0.147. The molecule has 0 unspecified atom stereocenters. The number of benzene rings is 1. The summed E-state index contributed by atoms with van der Waals surface area (Å²) >= 11 is 5.69. The van der Waals surface area contributed by atoms with E-state index in [0.29, 0.717) is 10.6 Å². The van der Waals surface area contributed by atoms with E-state index in [2.05, 4.69) is 4.74 Å². The van der Waals surface area contributed by atoms with Gasteiger partial charge >= 0.3 is 5.97 Å². The molecular weight excluding hydrogens is 258 g/mol. The third kappa shape index (κ3) is 4.97. The Morgan fingerprint density at radius 3 is 2.28 bits per heavy atom. The molecule has 0 bridgehead atoms. The molecule has 0 radical (unpaired) electrons. The maximum Gasteiger partial charge on any atom is 0.306 e. The Bertz CT molecular complexity index is 456. The first-order chi connectivity index (χ1) is 8.49. The second-order valence-electron chi connectivity index (χ2n) is 3.56. The molecule has 0 heterocycles. The fourth-order valence-corrected chi connectivity index (χ4v) is 1.35. The molecule has 0 aliphatic rings. The van der Waals surface area contributed by atoms with Crippen LogP contribution in [0.5, 0.6) is 0 Å². The highest BCUT2D eigenvalue weighted by Crippen LogP contribution is 2.12. The summed E-state index contributed by atoms with van der Waals surface area (Å²) in [7, 11) is 0. The minimum atomic E-state index is -0.729. The van der Waals surface area contributed by atoms with E-state index in [1.807, 2.05) is 0 Å². The second kappa shape index (κ2) is 6.76. The number of halogens is 1. The fourth-order valence-electron chi connectivity index (χ4n) is 1.22. The lowest BCUT2D eigenvalue weighted by Gasteiger charge is -2.02. The highest BCUT2D eigenvalue weighted by Gasteiger charge is 2.10. The van der Waals surface area contributed by atoms with Crippen molar-refractivity contribution < 1.29 is 19.1 Å². The summed E-state index contributed by atoms with van der Waals surface area (Å²) in [6.07, 6.45) is -0.0754. The number of hydrogen-bond donors (Lipinski definition) is 1. The van der Waals surface area contributed by atoms with Crippen LogP contribution in [0.1, 0.15) is 23.2 Å². The van der Waals surface area contributed by atoms with Crippen molar-refractivity contribution in [2.24, 2.45) is 5.73 Å². The molecule has 0 aliphatic heterocycles. The third-order valence-corrected chi connectivity index (χ3v) is 2.35. The van der Waals surface area contributed by atoms with Crippen LogP contribution in [-0.4, -0.2) is 24.3 Å². The van der Waals surface area contributed by atoms with Crippen LogP contribution in [0, 0.1) is 0 Å². The number of amides is 1. The number of carbonyl (C=O) groups is 3. The lowest BCUT2D eigenvalue weighted by Crippen LogP contribution is -2.21. The average molecular weight is 270 g/mol. The van der Waals surface area contributed by atoms with Crippen molar-refractivity contribution in [3.63, 3.8) is 0 Å². The van der Waals surface area contributed by atoms with Gasteiger partial charge in [0, 0.05) is 17.0 Å². The Balaban J connectivity index is 2.39. The lowest BCUT2D eigenvalue weighted by atomic mass is 10.1. The molecule has 0 aromatic heterocycles. The summed E-state index contributed by atoms with van der Waals surface area (Å²) in [4.78, 5) is 33.2. The molecule has 2 N–H and O–H groups in total. The summed E-state index contributed by atoms with van der Waals surface area (Å²) in [5.74, 6) is -1.55. The maximum atomic E-state index is 11.7. The van der Waals surface area contributed by atoms with E-state index in [4.69, 9.17) is 17.3 Å². The van der Waals surface area contributed by atoms with Gasteiger partial charge in [-0.1, -0.05) is 11.6 Å². The highest BCUT2D eigenvalue weighted by molar-refractivity contribution is 6.30. The van der Waals surface area contributed by atoms with Gasteiger partial charge in [0.05, 0.1) is 6.42 Å². The van der Waals surface area contributed by atoms with E-state index in [9.17, 15) is 14.4 Å². The van der Waals surface area contributed by atoms with Crippen molar-refractivity contribution in [1.82, 2.24) is 0 Å². The van der Waals surface area contributed by atoms with Gasteiger partial charge in [-0.15, -0.1) is 0 Å². The standard InChI is InChI=1S/C12H12ClNO4/c13-9-3-1-8(2-4-9)10(15)5-6-12(17)18-7-11(14)16/h1-4H,5-7H2,(H2,14,16). The van der Waals surface area contributed by atoms with Gasteiger partial charge in [0.25, 0.3) is 5.91 Å². The summed E-state index contributed by atoms with van der Waals surface area (Å²) in [6, 6.07) is 6.36. The molecule has 1 amide bonds. The smallest absolute Gasteiger partial charge is 0.306 e. The van der Waals surface area contributed by atoms with Crippen molar-refractivity contribution in [2.45, 2.75) is 12.8 Å². The van der Waals surface area contributed by atoms with Crippen LogP contribution in [0.2, 0.25) is 5.02 Å². The molecule has 96 valence electrons. The maximum absolute atomic E-state index is 11.7. The summed E-state index contributed by atoms with van der Waals surface area (Å²) in [6.45, 7) is -0.464. The number of Topliss-reactive ketones (excluding diaryl/α,β-unsaturated/α-hetero) is 1. The normalized spacial score (nSPS) is 9.83. The van der Waals surface area contributed by atoms with Gasteiger partial charge in [0.15, 0.2) is 12.4 Å². The minimum absolute atomic E-state index is 0.0131. The summed E-state index contributed by atoms with van der Waals surface area (Å²) < 4.78 is 4.52. The molecule has 0 aliphatic carbocycles. The molecule has 5 nitrogen and oxygen atoms in total. The second-order valence-corrected chi connectivity index (χ2v) is 3.99. The van der Waals surface area contributed by atoms with Crippen LogP contribution in [0.15, 0.2) is 24.3 Å². The zero-order valence-corrected chi connectivity index (χ0v) is 10.3. The highest BCUT2D eigenvalue weighted by atomic mass is 35.5. The van der Waals surface area contributed by atoms with Crippen LogP contribution >= 0.6 is 11.6 Å². The molecule has 1 aromatic rings. The third-order valence-electron chi connectivity index (χ3n) is 2.10. The number of esters is 1. The zero-order chi connectivity index (χ0) is 13.5. The molecular formula is C12H12ClNO4. The van der Waals surface area contributed by atoms with Crippen LogP contribution < -0.4 is 5.73 Å². The Kier molecular flexibility index (Phi) is 5.32. The van der Waals surface area contributed by atoms with E-state index < -0.39 is 18.5 Å².